The standard InChI is InChI=1S/C16H26FN3O4S/c1-23-10-8-19(9-11-24-2)25(21,22)20-7-6-18-13-16(20)14-4-3-5-15(17)12-14/h3-5,12,16,18H,6-11,13H2,1-2H3. The van der Waals surface area contributed by atoms with Gasteiger partial charge in [-0.1, -0.05) is 12.1 Å². The second kappa shape index (κ2) is 9.56. The van der Waals surface area contributed by atoms with E-state index in [9.17, 15) is 12.8 Å². The van der Waals surface area contributed by atoms with Gasteiger partial charge in [0.1, 0.15) is 5.82 Å². The van der Waals surface area contributed by atoms with Gasteiger partial charge in [-0.05, 0) is 17.7 Å². The second-order valence-electron chi connectivity index (χ2n) is 5.78. The van der Waals surface area contributed by atoms with E-state index in [2.05, 4.69) is 5.32 Å². The van der Waals surface area contributed by atoms with Crippen LogP contribution in [-0.4, -0.2) is 77.2 Å². The highest BCUT2D eigenvalue weighted by Crippen LogP contribution is 2.27. The molecule has 1 aromatic rings. The number of nitrogens with zero attached hydrogens (tertiary/aromatic N) is 2. The van der Waals surface area contributed by atoms with Gasteiger partial charge in [0.2, 0.25) is 0 Å². The number of nitrogens with one attached hydrogen (secondary N) is 1. The minimum absolute atomic E-state index is 0.238. The summed E-state index contributed by atoms with van der Waals surface area (Å²) in [6, 6.07) is 5.62. The summed E-state index contributed by atoms with van der Waals surface area (Å²) in [6.45, 7) is 2.36. The van der Waals surface area contributed by atoms with Crippen LogP contribution in [0.15, 0.2) is 24.3 Å². The molecule has 0 amide bonds. The van der Waals surface area contributed by atoms with Crippen LogP contribution in [0.25, 0.3) is 0 Å². The lowest BCUT2D eigenvalue weighted by Crippen LogP contribution is -2.54. The van der Waals surface area contributed by atoms with Crippen LogP contribution >= 0.6 is 0 Å². The highest BCUT2D eigenvalue weighted by Gasteiger charge is 2.37. The minimum Gasteiger partial charge on any atom is -0.383 e. The molecule has 0 bridgehead atoms. The third kappa shape index (κ3) is 5.19. The molecule has 0 aromatic heterocycles. The topological polar surface area (TPSA) is 71.1 Å². The van der Waals surface area contributed by atoms with Gasteiger partial charge in [-0.25, -0.2) is 4.39 Å². The van der Waals surface area contributed by atoms with Crippen LogP contribution in [0.5, 0.6) is 0 Å². The van der Waals surface area contributed by atoms with Crippen molar-refractivity contribution in [3.8, 4) is 0 Å². The molecule has 9 heteroatoms. The Bertz CT molecular complexity index is 636. The van der Waals surface area contributed by atoms with Crippen molar-refractivity contribution in [1.29, 1.82) is 0 Å². The molecular formula is C16H26FN3O4S. The molecule has 1 N–H and O–H groups in total. The van der Waals surface area contributed by atoms with E-state index in [1.54, 1.807) is 12.1 Å². The second-order valence-corrected chi connectivity index (χ2v) is 7.66. The maximum Gasteiger partial charge on any atom is 0.282 e. The molecular weight excluding hydrogens is 349 g/mol. The van der Waals surface area contributed by atoms with E-state index in [0.717, 1.165) is 0 Å². The van der Waals surface area contributed by atoms with Crippen molar-refractivity contribution in [2.75, 3.05) is 60.2 Å². The van der Waals surface area contributed by atoms with E-state index in [0.29, 0.717) is 38.4 Å². The smallest absolute Gasteiger partial charge is 0.282 e. The van der Waals surface area contributed by atoms with Crippen molar-refractivity contribution in [2.45, 2.75) is 6.04 Å². The lowest BCUT2D eigenvalue weighted by molar-refractivity contribution is 0.143. The largest absolute Gasteiger partial charge is 0.383 e. The molecule has 2 rings (SSSR count). The molecule has 1 saturated heterocycles. The molecule has 1 aliphatic rings. The maximum absolute atomic E-state index is 13.6. The van der Waals surface area contributed by atoms with Gasteiger partial charge in [0.15, 0.2) is 0 Å². The molecule has 1 aromatic carbocycles. The number of rotatable bonds is 9. The van der Waals surface area contributed by atoms with Crippen LogP contribution in [0, 0.1) is 5.82 Å². The molecule has 142 valence electrons. The fourth-order valence-electron chi connectivity index (χ4n) is 2.84. The van der Waals surface area contributed by atoms with E-state index >= 15 is 0 Å². The quantitative estimate of drug-likeness (QED) is 0.685. The van der Waals surface area contributed by atoms with E-state index in [1.165, 1.54) is 35.0 Å². The Balaban J connectivity index is 2.28. The predicted molar refractivity (Wildman–Crippen MR) is 93.0 cm³/mol. The van der Waals surface area contributed by atoms with Gasteiger partial charge < -0.3 is 14.8 Å². The minimum atomic E-state index is -3.73. The van der Waals surface area contributed by atoms with Gasteiger partial charge >= 0.3 is 0 Å². The van der Waals surface area contributed by atoms with E-state index in [4.69, 9.17) is 9.47 Å². The highest BCUT2D eigenvalue weighted by molar-refractivity contribution is 7.86. The zero-order chi connectivity index (χ0) is 18.3. The van der Waals surface area contributed by atoms with Crippen LogP contribution in [0.2, 0.25) is 0 Å². The normalized spacial score (nSPS) is 19.4. The fourth-order valence-corrected chi connectivity index (χ4v) is 4.58. The van der Waals surface area contributed by atoms with Crippen molar-refractivity contribution in [1.82, 2.24) is 13.9 Å². The van der Waals surface area contributed by atoms with Gasteiger partial charge in [0.05, 0.1) is 19.3 Å². The van der Waals surface area contributed by atoms with Gasteiger partial charge in [0, 0.05) is 46.9 Å². The number of halogens is 1. The third-order valence-corrected chi connectivity index (χ3v) is 6.19. The summed E-state index contributed by atoms with van der Waals surface area (Å²) in [6.07, 6.45) is 0. The Morgan fingerprint density at radius 3 is 2.56 bits per heavy atom. The molecule has 0 aliphatic carbocycles. The summed E-state index contributed by atoms with van der Waals surface area (Å²) >= 11 is 0. The first-order valence-electron chi connectivity index (χ1n) is 8.21. The van der Waals surface area contributed by atoms with E-state index in [-0.39, 0.29) is 18.9 Å². The van der Waals surface area contributed by atoms with Crippen molar-refractivity contribution >= 4 is 10.2 Å². The summed E-state index contributed by atoms with van der Waals surface area (Å²) < 4.78 is 52.8. The summed E-state index contributed by atoms with van der Waals surface area (Å²) in [5, 5.41) is 3.18. The SMILES string of the molecule is COCCN(CCOC)S(=O)(=O)N1CCNCC1c1cccc(F)c1. The lowest BCUT2D eigenvalue weighted by Gasteiger charge is -2.38. The van der Waals surface area contributed by atoms with Crippen LogP contribution < -0.4 is 5.32 Å². The van der Waals surface area contributed by atoms with Crippen LogP contribution in [0.3, 0.4) is 0 Å². The summed E-state index contributed by atoms with van der Waals surface area (Å²) in [5.74, 6) is -0.379. The van der Waals surface area contributed by atoms with E-state index < -0.39 is 16.3 Å². The Morgan fingerprint density at radius 1 is 1.28 bits per heavy atom. The van der Waals surface area contributed by atoms with E-state index in [1.807, 2.05) is 0 Å². The van der Waals surface area contributed by atoms with Crippen molar-refractivity contribution in [3.05, 3.63) is 35.6 Å². The first kappa shape index (κ1) is 20.2. The third-order valence-electron chi connectivity index (χ3n) is 4.14. The van der Waals surface area contributed by atoms with Crippen LogP contribution in [-0.2, 0) is 19.7 Å². The number of piperazine rings is 1. The summed E-state index contributed by atoms with van der Waals surface area (Å²) in [5.41, 5.74) is 0.634. The van der Waals surface area contributed by atoms with Crippen LogP contribution in [0.1, 0.15) is 11.6 Å². The number of hydrogen-bond donors (Lipinski definition) is 1. The number of methoxy groups -OCH3 is 2. The maximum atomic E-state index is 13.6. The Labute approximate surface area is 148 Å². The van der Waals surface area contributed by atoms with Gasteiger partial charge in [-0.15, -0.1) is 0 Å². The highest BCUT2D eigenvalue weighted by atomic mass is 32.2. The average Bonchev–Trinajstić information content (AvgIpc) is 2.61. The van der Waals surface area contributed by atoms with Gasteiger partial charge in [-0.2, -0.15) is 17.0 Å². The molecule has 25 heavy (non-hydrogen) atoms. The predicted octanol–water partition coefficient (Wildman–Crippen LogP) is 0.612. The monoisotopic (exact) mass is 375 g/mol. The number of ether oxygens (including phenoxy) is 2. The number of benzene rings is 1. The Hall–Kier alpha value is -1.10. The molecule has 1 unspecified atom stereocenters. The Morgan fingerprint density at radius 2 is 1.96 bits per heavy atom. The summed E-state index contributed by atoms with van der Waals surface area (Å²) in [4.78, 5) is 0. The first-order chi connectivity index (χ1) is 12.0. The van der Waals surface area contributed by atoms with Gasteiger partial charge in [0.25, 0.3) is 10.2 Å². The molecule has 1 aliphatic heterocycles. The lowest BCUT2D eigenvalue weighted by atomic mass is 10.1. The van der Waals surface area contributed by atoms with Crippen molar-refractivity contribution in [2.24, 2.45) is 0 Å². The van der Waals surface area contributed by atoms with Crippen molar-refractivity contribution in [3.63, 3.8) is 0 Å². The molecule has 1 atom stereocenters. The first-order valence-corrected chi connectivity index (χ1v) is 9.61. The van der Waals surface area contributed by atoms with Gasteiger partial charge in [-0.3, -0.25) is 0 Å². The van der Waals surface area contributed by atoms with Crippen LogP contribution in [0.4, 0.5) is 4.39 Å². The molecule has 1 fully saturated rings. The average molecular weight is 375 g/mol. The Kier molecular flexibility index (Phi) is 7.73. The molecule has 0 saturated carbocycles. The molecule has 1 heterocycles. The molecule has 7 nitrogen and oxygen atoms in total. The molecule has 0 radical (unpaired) electrons. The molecule has 0 spiro atoms. The zero-order valence-electron chi connectivity index (χ0n) is 14.7. The zero-order valence-corrected chi connectivity index (χ0v) is 15.5. The van der Waals surface area contributed by atoms with Crippen molar-refractivity contribution < 1.29 is 22.3 Å². The fraction of sp³-hybridized carbons (Fsp3) is 0.625. The number of hydrogen-bond acceptors (Lipinski definition) is 5. The summed E-state index contributed by atoms with van der Waals surface area (Å²) in [7, 11) is -0.676.